The number of rotatable bonds is 4. The Morgan fingerprint density at radius 2 is 2.04 bits per heavy atom. The lowest BCUT2D eigenvalue weighted by Crippen LogP contribution is -2.39. The maximum Gasteiger partial charge on any atom is 0.273 e. The van der Waals surface area contributed by atoms with Crippen LogP contribution in [0.3, 0.4) is 0 Å². The number of amides is 1. The van der Waals surface area contributed by atoms with Gasteiger partial charge in [-0.2, -0.15) is 0 Å². The monoisotopic (exact) mass is 318 g/mol. The van der Waals surface area contributed by atoms with Crippen LogP contribution < -0.4 is 5.32 Å². The zero-order valence-electron chi connectivity index (χ0n) is 12.9. The third-order valence-electron chi connectivity index (χ3n) is 4.22. The van der Waals surface area contributed by atoms with Crippen molar-refractivity contribution in [2.24, 2.45) is 0 Å². The van der Waals surface area contributed by atoms with E-state index < -0.39 is 5.60 Å². The molecule has 122 valence electrons. The average Bonchev–Trinajstić information content (AvgIpc) is 2.97. The van der Waals surface area contributed by atoms with Crippen LogP contribution in [0, 0.1) is 5.82 Å². The predicted molar refractivity (Wildman–Crippen MR) is 81.4 cm³/mol. The van der Waals surface area contributed by atoms with E-state index in [1.54, 1.807) is 6.92 Å². The maximum atomic E-state index is 13.0. The zero-order valence-corrected chi connectivity index (χ0v) is 12.9. The Morgan fingerprint density at radius 1 is 1.35 bits per heavy atom. The fourth-order valence-electron chi connectivity index (χ4n) is 2.81. The summed E-state index contributed by atoms with van der Waals surface area (Å²) in [7, 11) is 0. The molecule has 5 nitrogen and oxygen atoms in total. The lowest BCUT2D eigenvalue weighted by atomic mass is 9.95. The van der Waals surface area contributed by atoms with E-state index in [1.807, 2.05) is 0 Å². The van der Waals surface area contributed by atoms with Crippen molar-refractivity contribution in [3.8, 4) is 0 Å². The first-order valence-corrected chi connectivity index (χ1v) is 7.71. The van der Waals surface area contributed by atoms with Crippen LogP contribution >= 0.6 is 0 Å². The predicted octanol–water partition coefficient (Wildman–Crippen LogP) is 2.33. The number of nitrogens with one attached hydrogen (secondary N) is 1. The smallest absolute Gasteiger partial charge is 0.273 e. The molecule has 1 aliphatic rings. The van der Waals surface area contributed by atoms with E-state index in [4.69, 9.17) is 4.52 Å². The van der Waals surface area contributed by atoms with E-state index in [2.05, 4.69) is 10.5 Å². The highest BCUT2D eigenvalue weighted by Crippen LogP contribution is 2.24. The Hall–Kier alpha value is -2.21. The number of aryl methyl sites for hydroxylation is 1. The molecule has 1 amide bonds. The van der Waals surface area contributed by atoms with Crippen molar-refractivity contribution < 1.29 is 18.8 Å². The summed E-state index contributed by atoms with van der Waals surface area (Å²) in [6.07, 6.45) is 3.66. The van der Waals surface area contributed by atoms with Crippen LogP contribution in [-0.4, -0.2) is 22.7 Å². The normalized spacial score (nSPS) is 16.5. The molecule has 1 aromatic carbocycles. The molecule has 23 heavy (non-hydrogen) atoms. The van der Waals surface area contributed by atoms with Gasteiger partial charge in [-0.15, -0.1) is 0 Å². The molecule has 1 atom stereocenters. The highest BCUT2D eigenvalue weighted by Gasteiger charge is 2.27. The Bertz CT molecular complexity index is 707. The molecule has 1 aliphatic carbocycles. The third kappa shape index (κ3) is 3.27. The summed E-state index contributed by atoms with van der Waals surface area (Å²) in [5, 5.41) is 17.0. The summed E-state index contributed by atoms with van der Waals surface area (Å²) in [5.41, 5.74) is 0.402. The largest absolute Gasteiger partial charge is 0.384 e. The molecular weight excluding hydrogens is 299 g/mol. The summed E-state index contributed by atoms with van der Waals surface area (Å²) >= 11 is 0. The van der Waals surface area contributed by atoms with Crippen molar-refractivity contribution in [1.82, 2.24) is 10.5 Å². The van der Waals surface area contributed by atoms with Crippen molar-refractivity contribution in [3.63, 3.8) is 0 Å². The molecule has 0 bridgehead atoms. The van der Waals surface area contributed by atoms with Crippen molar-refractivity contribution in [2.75, 3.05) is 6.54 Å². The van der Waals surface area contributed by atoms with E-state index in [0.717, 1.165) is 37.0 Å². The van der Waals surface area contributed by atoms with Crippen LogP contribution in [0.25, 0.3) is 0 Å². The van der Waals surface area contributed by atoms with Gasteiger partial charge in [0.25, 0.3) is 5.91 Å². The second kappa shape index (κ2) is 6.12. The maximum absolute atomic E-state index is 13.0. The number of nitrogens with zero attached hydrogens (tertiary/aromatic N) is 1. The number of carbonyl (C=O) groups is 1. The van der Waals surface area contributed by atoms with Gasteiger partial charge in [0.1, 0.15) is 17.2 Å². The highest BCUT2D eigenvalue weighted by atomic mass is 19.1. The van der Waals surface area contributed by atoms with Crippen LogP contribution in [-0.2, 0) is 18.4 Å². The molecule has 1 heterocycles. The van der Waals surface area contributed by atoms with E-state index in [0.29, 0.717) is 11.3 Å². The van der Waals surface area contributed by atoms with Gasteiger partial charge in [-0.3, -0.25) is 4.79 Å². The minimum Gasteiger partial charge on any atom is -0.384 e. The second-order valence-electron chi connectivity index (χ2n) is 6.10. The van der Waals surface area contributed by atoms with E-state index >= 15 is 0 Å². The molecular formula is C17H19FN2O3. The van der Waals surface area contributed by atoms with Crippen molar-refractivity contribution in [3.05, 3.63) is 52.7 Å². The quantitative estimate of drug-likeness (QED) is 0.907. The molecule has 2 aromatic rings. The molecule has 1 aromatic heterocycles. The molecule has 3 rings (SSSR count). The SMILES string of the molecule is CC(O)(CNC(=O)c1noc2c1CCCC2)c1ccc(F)cc1. The summed E-state index contributed by atoms with van der Waals surface area (Å²) in [6.45, 7) is 1.57. The first-order chi connectivity index (χ1) is 11.0. The standard InChI is InChI=1S/C17H19FN2O3/c1-17(22,11-6-8-12(18)9-7-11)10-19-16(21)15-13-4-2-3-5-14(13)23-20-15/h6-9,22H,2-5,10H2,1H3,(H,19,21). The Morgan fingerprint density at radius 3 is 2.78 bits per heavy atom. The molecule has 0 aliphatic heterocycles. The Labute approximate surface area is 133 Å². The first-order valence-electron chi connectivity index (χ1n) is 7.71. The van der Waals surface area contributed by atoms with Gasteiger partial charge < -0.3 is 14.9 Å². The van der Waals surface area contributed by atoms with Crippen molar-refractivity contribution >= 4 is 5.91 Å². The second-order valence-corrected chi connectivity index (χ2v) is 6.10. The molecule has 2 N–H and O–H groups in total. The number of aromatic nitrogens is 1. The summed E-state index contributed by atoms with van der Waals surface area (Å²) in [5.74, 6) is 0.0498. The third-order valence-corrected chi connectivity index (χ3v) is 4.22. The first kappa shape index (κ1) is 15.7. The molecule has 0 saturated heterocycles. The van der Waals surface area contributed by atoms with Crippen molar-refractivity contribution in [2.45, 2.75) is 38.2 Å². The Kier molecular flexibility index (Phi) is 4.17. The molecule has 0 saturated carbocycles. The topological polar surface area (TPSA) is 75.4 Å². The van der Waals surface area contributed by atoms with Crippen LogP contribution in [0.4, 0.5) is 4.39 Å². The van der Waals surface area contributed by atoms with E-state index in [9.17, 15) is 14.3 Å². The lowest BCUT2D eigenvalue weighted by molar-refractivity contribution is 0.0523. The van der Waals surface area contributed by atoms with Crippen molar-refractivity contribution in [1.29, 1.82) is 0 Å². The number of aliphatic hydroxyl groups is 1. The van der Waals surface area contributed by atoms with Gasteiger partial charge >= 0.3 is 0 Å². The van der Waals surface area contributed by atoms with Gasteiger partial charge in [0, 0.05) is 12.0 Å². The fraction of sp³-hybridized carbons (Fsp3) is 0.412. The minimum absolute atomic E-state index is 0.000894. The van der Waals surface area contributed by atoms with Crippen LogP contribution in [0.2, 0.25) is 0 Å². The number of carbonyl (C=O) groups excluding carboxylic acids is 1. The molecule has 1 unspecified atom stereocenters. The van der Waals surface area contributed by atoms with Gasteiger partial charge in [-0.05, 0) is 43.9 Å². The summed E-state index contributed by atoms with van der Waals surface area (Å²) < 4.78 is 18.2. The van der Waals surface area contributed by atoms with Gasteiger partial charge in [-0.1, -0.05) is 17.3 Å². The number of hydrogen-bond donors (Lipinski definition) is 2. The number of halogens is 1. The summed E-state index contributed by atoms with van der Waals surface area (Å²) in [4.78, 5) is 12.3. The van der Waals surface area contributed by atoms with E-state index in [-0.39, 0.29) is 18.3 Å². The number of benzene rings is 1. The van der Waals surface area contributed by atoms with E-state index in [1.165, 1.54) is 24.3 Å². The minimum atomic E-state index is -1.30. The fourth-order valence-corrected chi connectivity index (χ4v) is 2.81. The van der Waals surface area contributed by atoms with Crippen LogP contribution in [0.5, 0.6) is 0 Å². The van der Waals surface area contributed by atoms with Crippen LogP contribution in [0.15, 0.2) is 28.8 Å². The average molecular weight is 318 g/mol. The van der Waals surface area contributed by atoms with Crippen LogP contribution in [0.1, 0.15) is 47.1 Å². The highest BCUT2D eigenvalue weighted by molar-refractivity contribution is 5.93. The Balaban J connectivity index is 1.68. The lowest BCUT2D eigenvalue weighted by Gasteiger charge is -2.24. The molecule has 0 spiro atoms. The number of fused-ring (bicyclic) bond motifs is 1. The molecule has 6 heteroatoms. The summed E-state index contributed by atoms with van der Waals surface area (Å²) in [6, 6.07) is 5.55. The number of hydrogen-bond acceptors (Lipinski definition) is 4. The van der Waals surface area contributed by atoms with Gasteiger partial charge in [0.05, 0.1) is 6.54 Å². The zero-order chi connectivity index (χ0) is 16.4. The van der Waals surface area contributed by atoms with Gasteiger partial charge in [0.2, 0.25) is 0 Å². The van der Waals surface area contributed by atoms with Gasteiger partial charge in [-0.25, -0.2) is 4.39 Å². The molecule has 0 radical (unpaired) electrons. The molecule has 0 fully saturated rings. The van der Waals surface area contributed by atoms with Gasteiger partial charge in [0.15, 0.2) is 5.69 Å².